The molecular weight excluding hydrogens is 238 g/mol. The summed E-state index contributed by atoms with van der Waals surface area (Å²) in [6.07, 6.45) is 4.77. The highest BCUT2D eigenvalue weighted by atomic mass is 16.6. The summed E-state index contributed by atoms with van der Waals surface area (Å²) in [7, 11) is 0. The average molecular weight is 253 g/mol. The lowest BCUT2D eigenvalue weighted by Crippen LogP contribution is -2.36. The lowest BCUT2D eigenvalue weighted by atomic mass is 9.95. The second kappa shape index (κ2) is 4.75. The van der Waals surface area contributed by atoms with Gasteiger partial charge in [-0.15, -0.1) is 0 Å². The van der Waals surface area contributed by atoms with Crippen LogP contribution in [0.15, 0.2) is 9.59 Å². The summed E-state index contributed by atoms with van der Waals surface area (Å²) in [6, 6.07) is -0.0400. The van der Waals surface area contributed by atoms with Crippen molar-refractivity contribution in [3.63, 3.8) is 0 Å². The third-order valence-corrected chi connectivity index (χ3v) is 3.48. The third kappa shape index (κ3) is 2.07. The van der Waals surface area contributed by atoms with Gasteiger partial charge in [0.05, 0.1) is 4.92 Å². The number of hydrogen-bond acceptors (Lipinski definition) is 4. The lowest BCUT2D eigenvalue weighted by Gasteiger charge is -2.24. The van der Waals surface area contributed by atoms with E-state index in [-0.39, 0.29) is 11.7 Å². The fraction of sp³-hybridized carbons (Fsp3) is 0.636. The summed E-state index contributed by atoms with van der Waals surface area (Å²) in [5.41, 5.74) is -1.84. The van der Waals surface area contributed by atoms with Gasteiger partial charge in [-0.05, 0) is 19.8 Å². The number of rotatable bonds is 2. The molecule has 0 atom stereocenters. The van der Waals surface area contributed by atoms with E-state index in [9.17, 15) is 19.7 Å². The Morgan fingerprint density at radius 3 is 2.44 bits per heavy atom. The van der Waals surface area contributed by atoms with E-state index in [2.05, 4.69) is 0 Å². The molecular formula is C11H15N3O4. The Morgan fingerprint density at radius 2 is 1.89 bits per heavy atom. The highest BCUT2D eigenvalue weighted by molar-refractivity contribution is 5.31. The van der Waals surface area contributed by atoms with E-state index in [1.165, 1.54) is 11.5 Å². The van der Waals surface area contributed by atoms with Crippen molar-refractivity contribution in [3.05, 3.63) is 36.6 Å². The molecule has 7 heteroatoms. The molecule has 1 N–H and O–H groups in total. The molecule has 0 unspecified atom stereocenters. The highest BCUT2D eigenvalue weighted by Gasteiger charge is 2.26. The van der Waals surface area contributed by atoms with Crippen molar-refractivity contribution in [2.45, 2.75) is 45.1 Å². The van der Waals surface area contributed by atoms with Gasteiger partial charge in [0, 0.05) is 6.04 Å². The van der Waals surface area contributed by atoms with Gasteiger partial charge in [-0.2, -0.15) is 0 Å². The zero-order chi connectivity index (χ0) is 13.3. The van der Waals surface area contributed by atoms with Crippen LogP contribution in [0.4, 0.5) is 5.69 Å². The SMILES string of the molecule is Cc1c([N+](=O)[O-])c(=O)[nH]c(=O)n1C1CCCCC1. The molecule has 1 aliphatic carbocycles. The Balaban J connectivity index is 2.59. The van der Waals surface area contributed by atoms with E-state index in [0.717, 1.165) is 32.1 Å². The summed E-state index contributed by atoms with van der Waals surface area (Å²) < 4.78 is 1.37. The van der Waals surface area contributed by atoms with Gasteiger partial charge in [0.2, 0.25) is 0 Å². The van der Waals surface area contributed by atoms with Crippen molar-refractivity contribution < 1.29 is 4.92 Å². The fourth-order valence-electron chi connectivity index (χ4n) is 2.64. The molecule has 0 aliphatic heterocycles. The van der Waals surface area contributed by atoms with Crippen LogP contribution in [0.2, 0.25) is 0 Å². The van der Waals surface area contributed by atoms with E-state index in [0.29, 0.717) is 0 Å². The van der Waals surface area contributed by atoms with Crippen molar-refractivity contribution in [2.24, 2.45) is 0 Å². The summed E-state index contributed by atoms with van der Waals surface area (Å²) in [6.45, 7) is 1.46. The van der Waals surface area contributed by atoms with E-state index < -0.39 is 21.9 Å². The number of H-pyrrole nitrogens is 1. The van der Waals surface area contributed by atoms with Crippen LogP contribution in [-0.2, 0) is 0 Å². The molecule has 0 bridgehead atoms. The minimum atomic E-state index is -0.922. The number of aromatic nitrogens is 2. The molecule has 2 rings (SSSR count). The summed E-state index contributed by atoms with van der Waals surface area (Å²) in [5.74, 6) is 0. The number of nitrogens with one attached hydrogen (secondary N) is 1. The molecule has 0 spiro atoms. The van der Waals surface area contributed by atoms with Crippen LogP contribution in [-0.4, -0.2) is 14.5 Å². The van der Waals surface area contributed by atoms with Crippen molar-refractivity contribution in [1.29, 1.82) is 0 Å². The second-order valence-corrected chi connectivity index (χ2v) is 4.61. The highest BCUT2D eigenvalue weighted by Crippen LogP contribution is 2.28. The summed E-state index contributed by atoms with van der Waals surface area (Å²) in [5, 5.41) is 10.9. The van der Waals surface area contributed by atoms with Crippen molar-refractivity contribution >= 4 is 5.69 Å². The lowest BCUT2D eigenvalue weighted by molar-refractivity contribution is -0.387. The molecule has 1 heterocycles. The quantitative estimate of drug-likeness (QED) is 0.633. The van der Waals surface area contributed by atoms with Crippen molar-refractivity contribution in [1.82, 2.24) is 9.55 Å². The van der Waals surface area contributed by atoms with E-state index in [1.807, 2.05) is 4.98 Å². The molecule has 98 valence electrons. The molecule has 1 aliphatic rings. The molecule has 7 nitrogen and oxygen atoms in total. The van der Waals surface area contributed by atoms with Crippen LogP contribution in [0.3, 0.4) is 0 Å². The Labute approximate surface area is 103 Å². The number of nitro groups is 1. The molecule has 0 radical (unpaired) electrons. The number of aromatic amines is 1. The Morgan fingerprint density at radius 1 is 1.28 bits per heavy atom. The maximum Gasteiger partial charge on any atom is 0.353 e. The van der Waals surface area contributed by atoms with Gasteiger partial charge in [0.25, 0.3) is 0 Å². The van der Waals surface area contributed by atoms with E-state index in [4.69, 9.17) is 0 Å². The first-order valence-electron chi connectivity index (χ1n) is 6.02. The smallest absolute Gasteiger partial charge is 0.288 e. The largest absolute Gasteiger partial charge is 0.353 e. The second-order valence-electron chi connectivity index (χ2n) is 4.61. The zero-order valence-electron chi connectivity index (χ0n) is 10.1. The first-order valence-corrected chi connectivity index (χ1v) is 6.02. The minimum absolute atomic E-state index is 0.0400. The van der Waals surface area contributed by atoms with Gasteiger partial charge in [0.1, 0.15) is 5.69 Å². The maximum absolute atomic E-state index is 11.8. The molecule has 1 fully saturated rings. The van der Waals surface area contributed by atoms with Gasteiger partial charge < -0.3 is 0 Å². The molecule has 0 amide bonds. The maximum atomic E-state index is 11.8. The molecule has 0 aromatic carbocycles. The van der Waals surface area contributed by atoms with Crippen LogP contribution in [0.1, 0.15) is 43.8 Å². The average Bonchev–Trinajstić information content (AvgIpc) is 2.28. The molecule has 18 heavy (non-hydrogen) atoms. The number of nitrogens with zero attached hydrogens (tertiary/aromatic N) is 2. The van der Waals surface area contributed by atoms with E-state index in [1.54, 1.807) is 0 Å². The monoisotopic (exact) mass is 253 g/mol. The van der Waals surface area contributed by atoms with Gasteiger partial charge in [-0.3, -0.25) is 24.5 Å². The van der Waals surface area contributed by atoms with Crippen LogP contribution in [0.5, 0.6) is 0 Å². The first-order chi connectivity index (χ1) is 8.52. The third-order valence-electron chi connectivity index (χ3n) is 3.48. The molecule has 1 aromatic heterocycles. The zero-order valence-corrected chi connectivity index (χ0v) is 10.1. The Bertz CT molecular complexity index is 581. The van der Waals surface area contributed by atoms with Gasteiger partial charge in [-0.1, -0.05) is 19.3 Å². The molecule has 1 aromatic rings. The van der Waals surface area contributed by atoms with Crippen molar-refractivity contribution in [3.8, 4) is 0 Å². The predicted octanol–water partition coefficient (Wildman–Crippen LogP) is 1.26. The molecule has 1 saturated carbocycles. The fourth-order valence-corrected chi connectivity index (χ4v) is 2.64. The van der Waals surface area contributed by atoms with E-state index >= 15 is 0 Å². The van der Waals surface area contributed by atoms with Crippen molar-refractivity contribution in [2.75, 3.05) is 0 Å². The standard InChI is InChI=1S/C11H15N3O4/c1-7-9(14(17)18)10(15)12-11(16)13(7)8-5-3-2-4-6-8/h8H,2-6H2,1H3,(H,12,15,16). The topological polar surface area (TPSA) is 98.0 Å². The van der Waals surface area contributed by atoms with Crippen LogP contribution >= 0.6 is 0 Å². The summed E-state index contributed by atoms with van der Waals surface area (Å²) >= 11 is 0. The van der Waals surface area contributed by atoms with Gasteiger partial charge in [-0.25, -0.2) is 4.79 Å². The van der Waals surface area contributed by atoms with Gasteiger partial charge >= 0.3 is 16.9 Å². The first kappa shape index (κ1) is 12.5. The minimum Gasteiger partial charge on any atom is -0.288 e. The van der Waals surface area contributed by atoms with Crippen LogP contribution in [0, 0.1) is 17.0 Å². The Kier molecular flexibility index (Phi) is 3.31. The summed E-state index contributed by atoms with van der Waals surface area (Å²) in [4.78, 5) is 35.4. The number of hydrogen-bond donors (Lipinski definition) is 1. The van der Waals surface area contributed by atoms with Crippen LogP contribution in [0.25, 0.3) is 0 Å². The predicted molar refractivity (Wildman–Crippen MR) is 64.8 cm³/mol. The van der Waals surface area contributed by atoms with Gasteiger partial charge in [0.15, 0.2) is 0 Å². The van der Waals surface area contributed by atoms with Crippen LogP contribution < -0.4 is 11.2 Å². The Hall–Kier alpha value is -1.92. The normalized spacial score (nSPS) is 16.7. The molecule has 0 saturated heterocycles.